The van der Waals surface area contributed by atoms with Crippen LogP contribution in [0.2, 0.25) is 0 Å². The Morgan fingerprint density at radius 3 is 2.54 bits per heavy atom. The van der Waals surface area contributed by atoms with Crippen molar-refractivity contribution in [1.82, 2.24) is 10.2 Å². The number of halogens is 1. The van der Waals surface area contributed by atoms with E-state index in [2.05, 4.69) is 5.32 Å². The molecule has 1 heterocycles. The van der Waals surface area contributed by atoms with Gasteiger partial charge in [-0.05, 0) is 35.7 Å². The second-order valence-corrected chi connectivity index (χ2v) is 7.09. The van der Waals surface area contributed by atoms with Gasteiger partial charge in [0.2, 0.25) is 5.91 Å². The number of aliphatic hydroxyl groups is 1. The van der Waals surface area contributed by atoms with Gasteiger partial charge in [-0.15, -0.1) is 0 Å². The van der Waals surface area contributed by atoms with Crippen LogP contribution >= 0.6 is 0 Å². The summed E-state index contributed by atoms with van der Waals surface area (Å²) < 4.78 is 18.4. The zero-order valence-electron chi connectivity index (χ0n) is 16.3. The van der Waals surface area contributed by atoms with E-state index in [0.717, 1.165) is 16.7 Å². The van der Waals surface area contributed by atoms with Crippen molar-refractivity contribution in [2.75, 3.05) is 33.4 Å². The van der Waals surface area contributed by atoms with Crippen molar-refractivity contribution in [2.45, 2.75) is 24.9 Å². The molecule has 1 saturated heterocycles. The van der Waals surface area contributed by atoms with E-state index < -0.39 is 0 Å². The number of nitrogens with one attached hydrogen (secondary N) is 1. The maximum atomic E-state index is 13.5. The number of rotatable bonds is 8. The Balaban J connectivity index is 1.75. The fourth-order valence-corrected chi connectivity index (χ4v) is 3.87. The van der Waals surface area contributed by atoms with E-state index >= 15 is 0 Å². The fourth-order valence-electron chi connectivity index (χ4n) is 3.87. The second kappa shape index (κ2) is 9.28. The maximum Gasteiger partial charge on any atom is 0.248 e. The standard InChI is InChI=1S/C22H27FN2O3/c1-3-25(21(27)14-28-2)12-19-22(20(13-26)24-19)16-9-7-15(8-10-16)17-5-4-6-18(23)11-17/h4-11,19-20,22,24,26H,3,12-14H2,1-2H3/t19-,20-,22-/m1/s1. The predicted octanol–water partition coefficient (Wildman–Crippen LogP) is 2.40. The highest BCUT2D eigenvalue weighted by Gasteiger charge is 2.41. The van der Waals surface area contributed by atoms with Crippen molar-refractivity contribution < 1.29 is 19.0 Å². The first kappa shape index (κ1) is 20.5. The van der Waals surface area contributed by atoms with Gasteiger partial charge in [0.05, 0.1) is 6.61 Å². The number of carbonyl (C=O) groups excluding carboxylic acids is 1. The zero-order chi connectivity index (χ0) is 20.1. The van der Waals surface area contributed by atoms with Crippen LogP contribution in [0.15, 0.2) is 48.5 Å². The van der Waals surface area contributed by atoms with Crippen LogP contribution < -0.4 is 5.32 Å². The van der Waals surface area contributed by atoms with Crippen molar-refractivity contribution in [3.8, 4) is 11.1 Å². The number of methoxy groups -OCH3 is 1. The molecule has 3 atom stereocenters. The number of amides is 1. The van der Waals surface area contributed by atoms with Crippen molar-refractivity contribution >= 4 is 5.91 Å². The van der Waals surface area contributed by atoms with Gasteiger partial charge in [0.15, 0.2) is 0 Å². The summed E-state index contributed by atoms with van der Waals surface area (Å²) in [5.74, 6) is -0.194. The molecule has 1 amide bonds. The fraction of sp³-hybridized carbons (Fsp3) is 0.409. The van der Waals surface area contributed by atoms with Gasteiger partial charge in [0.25, 0.3) is 0 Å². The van der Waals surface area contributed by atoms with Crippen LogP contribution in [0, 0.1) is 5.82 Å². The number of benzene rings is 2. The van der Waals surface area contributed by atoms with Gasteiger partial charge in [-0.1, -0.05) is 36.4 Å². The molecule has 1 fully saturated rings. The number of nitrogens with zero attached hydrogens (tertiary/aromatic N) is 1. The van der Waals surface area contributed by atoms with Crippen molar-refractivity contribution in [3.05, 3.63) is 59.9 Å². The van der Waals surface area contributed by atoms with Gasteiger partial charge in [0.1, 0.15) is 12.4 Å². The largest absolute Gasteiger partial charge is 0.395 e. The Morgan fingerprint density at radius 1 is 1.18 bits per heavy atom. The smallest absolute Gasteiger partial charge is 0.248 e. The third-order valence-electron chi connectivity index (χ3n) is 5.36. The molecule has 0 bridgehead atoms. The molecule has 3 rings (SSSR count). The maximum absolute atomic E-state index is 13.5. The van der Waals surface area contributed by atoms with Crippen LogP contribution in [0.1, 0.15) is 18.4 Å². The zero-order valence-corrected chi connectivity index (χ0v) is 16.3. The Morgan fingerprint density at radius 2 is 1.93 bits per heavy atom. The van der Waals surface area contributed by atoms with Crippen molar-refractivity contribution in [3.63, 3.8) is 0 Å². The van der Waals surface area contributed by atoms with E-state index in [0.29, 0.717) is 13.1 Å². The number of likely N-dealkylation sites (N-methyl/N-ethyl adjacent to an activating group) is 1. The lowest BCUT2D eigenvalue weighted by Gasteiger charge is -2.47. The van der Waals surface area contributed by atoms with Gasteiger partial charge in [0, 0.05) is 38.2 Å². The third-order valence-corrected chi connectivity index (χ3v) is 5.36. The summed E-state index contributed by atoms with van der Waals surface area (Å²) in [5.41, 5.74) is 2.87. The van der Waals surface area contributed by atoms with Gasteiger partial charge in [-0.2, -0.15) is 0 Å². The molecular formula is C22H27FN2O3. The van der Waals surface area contributed by atoms with Gasteiger partial charge < -0.3 is 20.1 Å². The molecule has 0 aliphatic carbocycles. The number of carbonyl (C=O) groups is 1. The van der Waals surface area contributed by atoms with E-state index in [1.807, 2.05) is 37.3 Å². The van der Waals surface area contributed by atoms with Crippen LogP contribution in [0.4, 0.5) is 4.39 Å². The highest BCUT2D eigenvalue weighted by molar-refractivity contribution is 5.77. The number of hydrogen-bond acceptors (Lipinski definition) is 4. The average molecular weight is 386 g/mol. The first-order chi connectivity index (χ1) is 13.6. The van der Waals surface area contributed by atoms with Gasteiger partial charge in [-0.3, -0.25) is 4.79 Å². The number of hydrogen-bond donors (Lipinski definition) is 2. The summed E-state index contributed by atoms with van der Waals surface area (Å²) in [6.07, 6.45) is 0. The molecular weight excluding hydrogens is 359 g/mol. The Bertz CT molecular complexity index is 797. The highest BCUT2D eigenvalue weighted by Crippen LogP contribution is 2.34. The molecule has 0 aromatic heterocycles. The Hall–Kier alpha value is -2.28. The van der Waals surface area contributed by atoms with E-state index in [1.54, 1.807) is 11.0 Å². The van der Waals surface area contributed by atoms with Crippen molar-refractivity contribution in [1.29, 1.82) is 0 Å². The van der Waals surface area contributed by atoms with E-state index in [1.165, 1.54) is 19.2 Å². The predicted molar refractivity (Wildman–Crippen MR) is 107 cm³/mol. The summed E-state index contributed by atoms with van der Waals surface area (Å²) in [6.45, 7) is 3.21. The Kier molecular flexibility index (Phi) is 6.78. The summed E-state index contributed by atoms with van der Waals surface area (Å²) in [5, 5.41) is 13.0. The molecule has 5 nitrogen and oxygen atoms in total. The minimum atomic E-state index is -0.259. The molecule has 0 saturated carbocycles. The van der Waals surface area contributed by atoms with Crippen LogP contribution in [-0.4, -0.2) is 61.4 Å². The molecule has 6 heteroatoms. The molecule has 1 aliphatic rings. The lowest BCUT2D eigenvalue weighted by atomic mass is 9.77. The Labute approximate surface area is 165 Å². The third kappa shape index (κ3) is 4.41. The molecule has 2 N–H and O–H groups in total. The van der Waals surface area contributed by atoms with E-state index in [4.69, 9.17) is 4.74 Å². The first-order valence-electron chi connectivity index (χ1n) is 9.56. The second-order valence-electron chi connectivity index (χ2n) is 7.09. The van der Waals surface area contributed by atoms with Crippen LogP contribution in [0.5, 0.6) is 0 Å². The molecule has 2 aromatic carbocycles. The summed E-state index contributed by atoms with van der Waals surface area (Å²) in [7, 11) is 1.51. The minimum absolute atomic E-state index is 0.0327. The average Bonchev–Trinajstić information content (AvgIpc) is 2.68. The van der Waals surface area contributed by atoms with Crippen LogP contribution in [-0.2, 0) is 9.53 Å². The van der Waals surface area contributed by atoms with Crippen molar-refractivity contribution in [2.24, 2.45) is 0 Å². The minimum Gasteiger partial charge on any atom is -0.395 e. The highest BCUT2D eigenvalue weighted by atomic mass is 19.1. The quantitative estimate of drug-likeness (QED) is 0.731. The monoisotopic (exact) mass is 386 g/mol. The van der Waals surface area contributed by atoms with Gasteiger partial charge >= 0.3 is 0 Å². The lowest BCUT2D eigenvalue weighted by molar-refractivity contribution is -0.135. The SMILES string of the molecule is CCN(C[C@H]1N[C@H](CO)[C@@H]1c1ccc(-c2cccc(F)c2)cc1)C(=O)COC. The normalized spacial score (nSPS) is 21.2. The topological polar surface area (TPSA) is 61.8 Å². The molecule has 0 spiro atoms. The molecule has 150 valence electrons. The molecule has 0 radical (unpaired) electrons. The first-order valence-corrected chi connectivity index (χ1v) is 9.56. The summed E-state index contributed by atoms with van der Waals surface area (Å²) in [4.78, 5) is 13.9. The number of ether oxygens (including phenoxy) is 1. The molecule has 1 aliphatic heterocycles. The van der Waals surface area contributed by atoms with E-state index in [-0.39, 0.29) is 42.9 Å². The van der Waals surface area contributed by atoms with E-state index in [9.17, 15) is 14.3 Å². The molecule has 2 aromatic rings. The molecule has 0 unspecified atom stereocenters. The van der Waals surface area contributed by atoms with Crippen LogP contribution in [0.25, 0.3) is 11.1 Å². The lowest BCUT2D eigenvalue weighted by Crippen LogP contribution is -2.65. The molecule has 28 heavy (non-hydrogen) atoms. The number of aliphatic hydroxyl groups excluding tert-OH is 1. The summed E-state index contributed by atoms with van der Waals surface area (Å²) >= 11 is 0. The van der Waals surface area contributed by atoms with Crippen LogP contribution in [0.3, 0.4) is 0 Å². The van der Waals surface area contributed by atoms with Gasteiger partial charge in [-0.25, -0.2) is 4.39 Å². The summed E-state index contributed by atoms with van der Waals surface area (Å²) in [6, 6.07) is 14.5.